The summed E-state index contributed by atoms with van der Waals surface area (Å²) >= 11 is 5.98. The molecule has 0 radical (unpaired) electrons. The van der Waals surface area contributed by atoms with E-state index < -0.39 is 6.04 Å². The van der Waals surface area contributed by atoms with Crippen molar-refractivity contribution in [2.45, 2.75) is 33.7 Å². The smallest absolute Gasteiger partial charge is 0.241 e. The SMILES string of the molecule is Cc1ccc(NC(=O)C(N)C(C)(C)C)cc1Cl. The van der Waals surface area contributed by atoms with Crippen LogP contribution >= 0.6 is 11.6 Å². The van der Waals surface area contributed by atoms with E-state index in [9.17, 15) is 4.79 Å². The molecule has 0 saturated heterocycles. The number of benzene rings is 1. The lowest BCUT2D eigenvalue weighted by molar-refractivity contribution is -0.119. The van der Waals surface area contributed by atoms with E-state index in [0.717, 1.165) is 5.56 Å². The molecule has 1 rings (SSSR count). The summed E-state index contributed by atoms with van der Waals surface area (Å²) in [5, 5.41) is 3.40. The van der Waals surface area contributed by atoms with E-state index >= 15 is 0 Å². The number of amides is 1. The summed E-state index contributed by atoms with van der Waals surface area (Å²) in [6, 6.07) is 4.85. The second-order valence-corrected chi connectivity index (χ2v) is 5.70. The van der Waals surface area contributed by atoms with Crippen molar-refractivity contribution < 1.29 is 4.79 Å². The molecule has 0 aromatic heterocycles. The summed E-state index contributed by atoms with van der Waals surface area (Å²) in [4.78, 5) is 11.9. The van der Waals surface area contributed by atoms with Crippen LogP contribution in [0.1, 0.15) is 26.3 Å². The lowest BCUT2D eigenvalue weighted by atomic mass is 9.87. The number of rotatable bonds is 2. The molecule has 0 heterocycles. The summed E-state index contributed by atoms with van der Waals surface area (Å²) < 4.78 is 0. The van der Waals surface area contributed by atoms with Crippen LogP contribution in [0.4, 0.5) is 5.69 Å². The van der Waals surface area contributed by atoms with Gasteiger partial charge in [0.05, 0.1) is 6.04 Å². The van der Waals surface area contributed by atoms with Gasteiger partial charge in [-0.15, -0.1) is 0 Å². The Kier molecular flexibility index (Phi) is 4.17. The molecule has 0 bridgehead atoms. The van der Waals surface area contributed by atoms with Gasteiger partial charge in [-0.3, -0.25) is 4.79 Å². The third-order valence-corrected chi connectivity index (χ3v) is 3.06. The Morgan fingerprint density at radius 2 is 2.00 bits per heavy atom. The number of nitrogens with two attached hydrogens (primary N) is 1. The second-order valence-electron chi connectivity index (χ2n) is 5.30. The molecule has 3 nitrogen and oxygen atoms in total. The number of hydrogen-bond acceptors (Lipinski definition) is 2. The van der Waals surface area contributed by atoms with Gasteiger partial charge in [0.25, 0.3) is 0 Å². The van der Waals surface area contributed by atoms with E-state index in [1.807, 2.05) is 39.8 Å². The minimum atomic E-state index is -0.553. The van der Waals surface area contributed by atoms with Crippen molar-refractivity contribution in [3.8, 4) is 0 Å². The Labute approximate surface area is 107 Å². The number of aryl methyl sites for hydroxylation is 1. The van der Waals surface area contributed by atoms with Crippen molar-refractivity contribution in [3.05, 3.63) is 28.8 Å². The van der Waals surface area contributed by atoms with Crippen molar-refractivity contribution in [1.82, 2.24) is 0 Å². The zero-order chi connectivity index (χ0) is 13.2. The second kappa shape index (κ2) is 5.07. The quantitative estimate of drug-likeness (QED) is 0.853. The van der Waals surface area contributed by atoms with Crippen LogP contribution in [0.2, 0.25) is 5.02 Å². The van der Waals surface area contributed by atoms with Crippen LogP contribution in [-0.2, 0) is 4.79 Å². The maximum Gasteiger partial charge on any atom is 0.241 e. The normalized spacial score (nSPS) is 13.3. The summed E-state index contributed by atoms with van der Waals surface area (Å²) in [7, 11) is 0. The molecule has 0 saturated carbocycles. The maximum atomic E-state index is 11.9. The highest BCUT2D eigenvalue weighted by molar-refractivity contribution is 6.31. The molecular weight excluding hydrogens is 236 g/mol. The van der Waals surface area contributed by atoms with E-state index in [1.54, 1.807) is 6.07 Å². The molecule has 0 aliphatic rings. The van der Waals surface area contributed by atoms with E-state index in [0.29, 0.717) is 10.7 Å². The van der Waals surface area contributed by atoms with Gasteiger partial charge in [-0.25, -0.2) is 0 Å². The van der Waals surface area contributed by atoms with Crippen molar-refractivity contribution >= 4 is 23.2 Å². The van der Waals surface area contributed by atoms with E-state index in [-0.39, 0.29) is 11.3 Å². The van der Waals surface area contributed by atoms with Gasteiger partial charge in [0.2, 0.25) is 5.91 Å². The van der Waals surface area contributed by atoms with Crippen molar-refractivity contribution in [2.75, 3.05) is 5.32 Å². The first-order chi connectivity index (χ1) is 7.71. The molecule has 0 spiro atoms. The molecule has 4 heteroatoms. The van der Waals surface area contributed by atoms with Crippen LogP contribution in [-0.4, -0.2) is 11.9 Å². The van der Waals surface area contributed by atoms with Gasteiger partial charge in [-0.05, 0) is 30.0 Å². The van der Waals surface area contributed by atoms with Gasteiger partial charge in [-0.1, -0.05) is 38.4 Å². The van der Waals surface area contributed by atoms with Crippen LogP contribution in [0.5, 0.6) is 0 Å². The first-order valence-corrected chi connectivity index (χ1v) is 5.92. The van der Waals surface area contributed by atoms with Gasteiger partial charge in [0.1, 0.15) is 0 Å². The van der Waals surface area contributed by atoms with Crippen molar-refractivity contribution in [2.24, 2.45) is 11.1 Å². The summed E-state index contributed by atoms with van der Waals surface area (Å²) in [5.41, 5.74) is 7.25. The lowest BCUT2D eigenvalue weighted by Gasteiger charge is -2.25. The molecular formula is C13H19ClN2O. The first-order valence-electron chi connectivity index (χ1n) is 5.54. The first kappa shape index (κ1) is 14.0. The van der Waals surface area contributed by atoms with Crippen LogP contribution in [0.3, 0.4) is 0 Å². The minimum Gasteiger partial charge on any atom is -0.325 e. The zero-order valence-electron chi connectivity index (χ0n) is 10.7. The van der Waals surface area contributed by atoms with Crippen LogP contribution in [0.15, 0.2) is 18.2 Å². The molecule has 1 amide bonds. The van der Waals surface area contributed by atoms with Gasteiger partial charge in [0.15, 0.2) is 0 Å². The molecule has 0 aliphatic heterocycles. The van der Waals surface area contributed by atoms with Crippen LogP contribution in [0, 0.1) is 12.3 Å². The van der Waals surface area contributed by atoms with Gasteiger partial charge in [0, 0.05) is 10.7 Å². The Bertz CT molecular complexity index is 424. The third-order valence-electron chi connectivity index (χ3n) is 2.65. The van der Waals surface area contributed by atoms with Gasteiger partial charge >= 0.3 is 0 Å². The highest BCUT2D eigenvalue weighted by Gasteiger charge is 2.27. The Morgan fingerprint density at radius 1 is 1.41 bits per heavy atom. The van der Waals surface area contributed by atoms with E-state index in [1.165, 1.54) is 0 Å². The summed E-state index contributed by atoms with van der Waals surface area (Å²) in [6.07, 6.45) is 0. The highest BCUT2D eigenvalue weighted by Crippen LogP contribution is 2.22. The number of carbonyl (C=O) groups is 1. The lowest BCUT2D eigenvalue weighted by Crippen LogP contribution is -2.45. The molecule has 1 aromatic carbocycles. The van der Waals surface area contributed by atoms with Gasteiger partial charge in [-0.2, -0.15) is 0 Å². The maximum absolute atomic E-state index is 11.9. The Hall–Kier alpha value is -1.06. The fraction of sp³-hybridized carbons (Fsp3) is 0.462. The fourth-order valence-electron chi connectivity index (χ4n) is 1.28. The average Bonchev–Trinajstić information content (AvgIpc) is 2.21. The predicted molar refractivity (Wildman–Crippen MR) is 72.2 cm³/mol. The number of nitrogens with one attached hydrogen (secondary N) is 1. The van der Waals surface area contributed by atoms with Crippen molar-refractivity contribution in [3.63, 3.8) is 0 Å². The topological polar surface area (TPSA) is 55.1 Å². The third kappa shape index (κ3) is 3.72. The van der Waals surface area contributed by atoms with Gasteiger partial charge < -0.3 is 11.1 Å². The van der Waals surface area contributed by atoms with Crippen LogP contribution in [0.25, 0.3) is 0 Å². The number of halogens is 1. The molecule has 1 unspecified atom stereocenters. The predicted octanol–water partition coefficient (Wildman–Crippen LogP) is 2.96. The van der Waals surface area contributed by atoms with E-state index in [4.69, 9.17) is 17.3 Å². The summed E-state index contributed by atoms with van der Waals surface area (Å²) in [6.45, 7) is 7.70. The van der Waals surface area contributed by atoms with Crippen LogP contribution < -0.4 is 11.1 Å². The minimum absolute atomic E-state index is 0.197. The molecule has 17 heavy (non-hydrogen) atoms. The average molecular weight is 255 g/mol. The van der Waals surface area contributed by atoms with Crippen molar-refractivity contribution in [1.29, 1.82) is 0 Å². The largest absolute Gasteiger partial charge is 0.325 e. The fourth-order valence-corrected chi connectivity index (χ4v) is 1.46. The zero-order valence-corrected chi connectivity index (χ0v) is 11.4. The molecule has 0 aliphatic carbocycles. The molecule has 94 valence electrons. The number of anilines is 1. The number of carbonyl (C=O) groups excluding carboxylic acids is 1. The molecule has 1 atom stereocenters. The molecule has 1 aromatic rings. The van der Waals surface area contributed by atoms with E-state index in [2.05, 4.69) is 5.32 Å². The summed E-state index contributed by atoms with van der Waals surface area (Å²) in [5.74, 6) is -0.197. The highest BCUT2D eigenvalue weighted by atomic mass is 35.5. The monoisotopic (exact) mass is 254 g/mol. The molecule has 3 N–H and O–H groups in total. The molecule has 0 fully saturated rings. The standard InChI is InChI=1S/C13H19ClN2O/c1-8-5-6-9(7-10(8)14)16-12(17)11(15)13(2,3)4/h5-7,11H,15H2,1-4H3,(H,16,17). The Balaban J connectivity index is 2.78. The Morgan fingerprint density at radius 3 is 2.47 bits per heavy atom. The number of hydrogen-bond donors (Lipinski definition) is 2.